The number of carbonyl (C=O) groups excluding carboxylic acids is 2. The average molecular weight is 290 g/mol. The van der Waals surface area contributed by atoms with Crippen molar-refractivity contribution in [2.24, 2.45) is 11.8 Å². The van der Waals surface area contributed by atoms with Gasteiger partial charge in [-0.2, -0.15) is 0 Å². The second-order valence-electron chi connectivity index (χ2n) is 4.01. The number of esters is 1. The summed E-state index contributed by atoms with van der Waals surface area (Å²) in [6.45, 7) is 4.37. The maximum Gasteiger partial charge on any atom is 0.316 e. The van der Waals surface area contributed by atoms with Gasteiger partial charge in [-0.3, -0.25) is 9.59 Å². The second kappa shape index (κ2) is 7.74. The number of Topliss-reactive ketones (excluding diaryl/α,β-unsaturated/α-hetero) is 1. The number of thiocarbonyl (C=S) groups is 1. The van der Waals surface area contributed by atoms with Gasteiger partial charge >= 0.3 is 5.97 Å². The molecular formula is C12H18O4S2. The average Bonchev–Trinajstić information content (AvgIpc) is 3.12. The minimum absolute atomic E-state index is 0.108. The zero-order valence-electron chi connectivity index (χ0n) is 10.6. The van der Waals surface area contributed by atoms with E-state index in [1.165, 1.54) is 11.8 Å². The second-order valence-corrected chi connectivity index (χ2v) is 5.58. The molecule has 4 nitrogen and oxygen atoms in total. The summed E-state index contributed by atoms with van der Waals surface area (Å²) in [5.41, 5.74) is 0. The van der Waals surface area contributed by atoms with Crippen LogP contribution in [-0.2, 0) is 19.1 Å². The molecule has 1 rings (SSSR count). The van der Waals surface area contributed by atoms with Crippen LogP contribution in [-0.4, -0.2) is 35.1 Å². The molecule has 102 valence electrons. The smallest absolute Gasteiger partial charge is 0.316 e. The third kappa shape index (κ3) is 4.94. The number of carbonyl (C=O) groups is 2. The first-order chi connectivity index (χ1) is 8.60. The van der Waals surface area contributed by atoms with Crippen LogP contribution in [0, 0.1) is 11.8 Å². The van der Waals surface area contributed by atoms with Gasteiger partial charge in [-0.25, -0.2) is 0 Å². The highest BCUT2D eigenvalue weighted by Crippen LogP contribution is 2.38. The highest BCUT2D eigenvalue weighted by Gasteiger charge is 2.41. The molecule has 0 aromatic rings. The van der Waals surface area contributed by atoms with Crippen LogP contribution in [0.15, 0.2) is 0 Å². The summed E-state index contributed by atoms with van der Waals surface area (Å²) in [5, 5.41) is 0. The van der Waals surface area contributed by atoms with Crippen molar-refractivity contribution in [3.05, 3.63) is 0 Å². The van der Waals surface area contributed by atoms with E-state index in [9.17, 15) is 9.59 Å². The maximum atomic E-state index is 12.0. The molecule has 0 bridgehead atoms. The summed E-state index contributed by atoms with van der Waals surface area (Å²) >= 11 is 6.10. The Labute approximate surface area is 117 Å². The van der Waals surface area contributed by atoms with Crippen molar-refractivity contribution < 1.29 is 19.1 Å². The molecule has 1 aliphatic carbocycles. The van der Waals surface area contributed by atoms with Gasteiger partial charge in [0.15, 0.2) is 5.78 Å². The summed E-state index contributed by atoms with van der Waals surface area (Å²) in [6.07, 6.45) is 1.85. The normalized spacial score (nSPS) is 15.9. The summed E-state index contributed by atoms with van der Waals surface area (Å²) in [4.78, 5) is 23.7. The molecule has 1 saturated carbocycles. The molecule has 0 radical (unpaired) electrons. The molecule has 0 spiro atoms. The first-order valence-corrected chi connectivity index (χ1v) is 7.48. The van der Waals surface area contributed by atoms with Crippen molar-refractivity contribution in [2.45, 2.75) is 26.7 Å². The summed E-state index contributed by atoms with van der Waals surface area (Å²) in [5.74, 6) is -0.769. The van der Waals surface area contributed by atoms with Crippen molar-refractivity contribution in [3.63, 3.8) is 0 Å². The van der Waals surface area contributed by atoms with Crippen LogP contribution >= 0.6 is 24.0 Å². The van der Waals surface area contributed by atoms with E-state index in [2.05, 4.69) is 0 Å². The molecule has 1 aliphatic rings. The van der Waals surface area contributed by atoms with Crippen molar-refractivity contribution >= 4 is 40.1 Å². The minimum Gasteiger partial charge on any atom is -0.479 e. The van der Waals surface area contributed by atoms with Gasteiger partial charge in [0.25, 0.3) is 0 Å². The third-order valence-corrected chi connectivity index (χ3v) is 3.83. The molecule has 0 heterocycles. The van der Waals surface area contributed by atoms with E-state index < -0.39 is 11.9 Å². The Bertz CT molecular complexity index is 326. The standard InChI is InChI=1S/C12H18O4S2/c1-3-15-11(14)10(8-5-6-8)9(13)7-18-12(17)16-4-2/h8,10H,3-7H2,1-2H3. The lowest BCUT2D eigenvalue weighted by Crippen LogP contribution is -2.29. The van der Waals surface area contributed by atoms with Crippen LogP contribution < -0.4 is 0 Å². The molecule has 0 N–H and O–H groups in total. The molecule has 1 unspecified atom stereocenters. The number of ketones is 1. The van der Waals surface area contributed by atoms with Crippen LogP contribution in [0.25, 0.3) is 0 Å². The quantitative estimate of drug-likeness (QED) is 0.407. The number of hydrogen-bond acceptors (Lipinski definition) is 6. The monoisotopic (exact) mass is 290 g/mol. The lowest BCUT2D eigenvalue weighted by atomic mass is 10.00. The molecular weight excluding hydrogens is 272 g/mol. The van der Waals surface area contributed by atoms with Crippen molar-refractivity contribution in [2.75, 3.05) is 19.0 Å². The van der Waals surface area contributed by atoms with Gasteiger partial charge in [0.1, 0.15) is 5.92 Å². The van der Waals surface area contributed by atoms with E-state index >= 15 is 0 Å². The Morgan fingerprint density at radius 1 is 1.28 bits per heavy atom. The van der Waals surface area contributed by atoms with E-state index in [1.807, 2.05) is 6.92 Å². The molecule has 0 amide bonds. The fraction of sp³-hybridized carbons (Fsp3) is 0.750. The van der Waals surface area contributed by atoms with Gasteiger partial charge in [0, 0.05) is 0 Å². The first kappa shape index (κ1) is 15.4. The highest BCUT2D eigenvalue weighted by atomic mass is 32.2. The van der Waals surface area contributed by atoms with E-state index in [0.717, 1.165) is 12.8 Å². The largest absolute Gasteiger partial charge is 0.479 e. The number of hydrogen-bond donors (Lipinski definition) is 0. The van der Waals surface area contributed by atoms with E-state index in [0.29, 0.717) is 17.6 Å². The first-order valence-electron chi connectivity index (χ1n) is 6.09. The molecule has 0 aromatic carbocycles. The minimum atomic E-state index is -0.609. The fourth-order valence-electron chi connectivity index (χ4n) is 1.63. The zero-order chi connectivity index (χ0) is 13.5. The zero-order valence-corrected chi connectivity index (χ0v) is 12.3. The molecule has 0 aromatic heterocycles. The predicted octanol–water partition coefficient (Wildman–Crippen LogP) is 2.20. The van der Waals surface area contributed by atoms with Crippen LogP contribution in [0.2, 0.25) is 0 Å². The van der Waals surface area contributed by atoms with Gasteiger partial charge in [-0.1, -0.05) is 11.8 Å². The number of ether oxygens (including phenoxy) is 2. The molecule has 18 heavy (non-hydrogen) atoms. The lowest BCUT2D eigenvalue weighted by Gasteiger charge is -2.13. The Hall–Kier alpha value is -0.620. The van der Waals surface area contributed by atoms with Gasteiger partial charge in [0.2, 0.25) is 4.38 Å². The SMILES string of the molecule is CCOC(=O)C(C(=O)CSC(=S)OCC)C1CC1. The van der Waals surface area contributed by atoms with Crippen LogP contribution in [0.3, 0.4) is 0 Å². The summed E-state index contributed by atoms with van der Waals surface area (Å²) < 4.78 is 10.4. The van der Waals surface area contributed by atoms with Crippen molar-refractivity contribution in [3.8, 4) is 0 Å². The van der Waals surface area contributed by atoms with E-state index in [4.69, 9.17) is 21.7 Å². The Balaban J connectivity index is 2.45. The topological polar surface area (TPSA) is 52.6 Å². The Morgan fingerprint density at radius 3 is 2.39 bits per heavy atom. The van der Waals surface area contributed by atoms with E-state index in [1.54, 1.807) is 6.92 Å². The number of thioether (sulfide) groups is 1. The highest BCUT2D eigenvalue weighted by molar-refractivity contribution is 8.23. The number of rotatable bonds is 7. The predicted molar refractivity (Wildman–Crippen MR) is 74.5 cm³/mol. The van der Waals surface area contributed by atoms with Gasteiger partial charge < -0.3 is 9.47 Å². The summed E-state index contributed by atoms with van der Waals surface area (Å²) in [6, 6.07) is 0. The van der Waals surface area contributed by atoms with Crippen molar-refractivity contribution in [1.82, 2.24) is 0 Å². The fourth-order valence-corrected chi connectivity index (χ4v) is 2.56. The molecule has 1 fully saturated rings. The Kier molecular flexibility index (Phi) is 6.63. The van der Waals surface area contributed by atoms with Crippen LogP contribution in [0.5, 0.6) is 0 Å². The molecule has 6 heteroatoms. The summed E-state index contributed by atoms with van der Waals surface area (Å²) in [7, 11) is 0. The van der Waals surface area contributed by atoms with Crippen LogP contribution in [0.4, 0.5) is 0 Å². The van der Waals surface area contributed by atoms with Gasteiger partial charge in [-0.15, -0.1) is 0 Å². The molecule has 0 aliphatic heterocycles. The molecule has 0 saturated heterocycles. The van der Waals surface area contributed by atoms with Gasteiger partial charge in [0.05, 0.1) is 19.0 Å². The van der Waals surface area contributed by atoms with Crippen molar-refractivity contribution in [1.29, 1.82) is 0 Å². The lowest BCUT2D eigenvalue weighted by molar-refractivity contribution is -0.151. The van der Waals surface area contributed by atoms with Crippen LogP contribution in [0.1, 0.15) is 26.7 Å². The van der Waals surface area contributed by atoms with E-state index in [-0.39, 0.29) is 17.5 Å². The Morgan fingerprint density at radius 2 is 1.89 bits per heavy atom. The molecule has 1 atom stereocenters. The third-order valence-electron chi connectivity index (χ3n) is 2.58. The van der Waals surface area contributed by atoms with Gasteiger partial charge in [-0.05, 0) is 44.8 Å². The maximum absolute atomic E-state index is 12.0.